The number of anilines is 3. The summed E-state index contributed by atoms with van der Waals surface area (Å²) in [5.74, 6) is 11.1. The Kier molecular flexibility index (Phi) is 5.28. The normalized spacial score (nSPS) is 20.7. The van der Waals surface area contributed by atoms with Gasteiger partial charge in [0.25, 0.3) is 0 Å². The Morgan fingerprint density at radius 3 is 2.60 bits per heavy atom. The molecule has 3 N–H and O–H groups in total. The molecule has 6 rings (SSSR count). The summed E-state index contributed by atoms with van der Waals surface area (Å²) in [6, 6.07) is 19.6. The van der Waals surface area contributed by atoms with E-state index in [9.17, 15) is 0 Å². The summed E-state index contributed by atoms with van der Waals surface area (Å²) in [5.41, 5.74) is 10.6. The molecule has 4 aromatic rings. The molecule has 0 radical (unpaired) electrons. The molecule has 1 saturated carbocycles. The van der Waals surface area contributed by atoms with Gasteiger partial charge in [0.2, 0.25) is 0 Å². The minimum Gasteiger partial charge on any atom is -0.457 e. The van der Waals surface area contributed by atoms with Crippen molar-refractivity contribution in [2.24, 2.45) is 17.8 Å². The van der Waals surface area contributed by atoms with E-state index in [1.807, 2.05) is 67.6 Å². The SMILES string of the molecule is Cc1cc(Nc2ncnc3cc(C#CC4[C@H]5CN(C)C[C@@H]45)c(N)cc23)ccc1Oc1ccccc1. The molecule has 2 heterocycles. The van der Waals surface area contributed by atoms with E-state index in [4.69, 9.17) is 10.5 Å². The van der Waals surface area contributed by atoms with E-state index in [0.29, 0.717) is 17.4 Å². The molecule has 1 unspecified atom stereocenters. The molecule has 0 spiro atoms. The van der Waals surface area contributed by atoms with Crippen molar-refractivity contribution in [2.75, 3.05) is 31.2 Å². The molecule has 174 valence electrons. The number of para-hydroxylation sites is 1. The maximum atomic E-state index is 6.40. The first-order valence-electron chi connectivity index (χ1n) is 11.9. The topological polar surface area (TPSA) is 76.3 Å². The summed E-state index contributed by atoms with van der Waals surface area (Å²) in [4.78, 5) is 11.3. The third kappa shape index (κ3) is 4.27. The highest BCUT2D eigenvalue weighted by molar-refractivity contribution is 5.94. The number of nitrogen functional groups attached to an aromatic ring is 1. The van der Waals surface area contributed by atoms with Gasteiger partial charge in [-0.1, -0.05) is 30.0 Å². The molecule has 1 aliphatic carbocycles. The van der Waals surface area contributed by atoms with E-state index in [2.05, 4.69) is 39.1 Å². The average molecular weight is 462 g/mol. The Hall–Kier alpha value is -4.08. The van der Waals surface area contributed by atoms with Crippen molar-refractivity contribution in [1.29, 1.82) is 0 Å². The summed E-state index contributed by atoms with van der Waals surface area (Å²) < 4.78 is 6.00. The summed E-state index contributed by atoms with van der Waals surface area (Å²) in [7, 11) is 2.18. The number of likely N-dealkylation sites (tertiary alicyclic amines) is 1. The Bertz CT molecular complexity index is 1460. The van der Waals surface area contributed by atoms with Gasteiger partial charge in [-0.05, 0) is 73.8 Å². The highest BCUT2D eigenvalue weighted by Crippen LogP contribution is 2.50. The maximum Gasteiger partial charge on any atom is 0.141 e. The third-order valence-corrected chi connectivity index (χ3v) is 6.97. The van der Waals surface area contributed by atoms with Crippen LogP contribution in [0.1, 0.15) is 11.1 Å². The van der Waals surface area contributed by atoms with E-state index < -0.39 is 0 Å². The van der Waals surface area contributed by atoms with E-state index >= 15 is 0 Å². The van der Waals surface area contributed by atoms with Gasteiger partial charge in [0.15, 0.2) is 0 Å². The maximum absolute atomic E-state index is 6.40. The Labute approximate surface area is 205 Å². The van der Waals surface area contributed by atoms with Crippen LogP contribution in [0.2, 0.25) is 0 Å². The molecule has 1 saturated heterocycles. The zero-order valence-corrected chi connectivity index (χ0v) is 19.8. The van der Waals surface area contributed by atoms with Crippen LogP contribution >= 0.6 is 0 Å². The Morgan fingerprint density at radius 2 is 1.83 bits per heavy atom. The molecule has 35 heavy (non-hydrogen) atoms. The molecule has 2 aliphatic rings. The number of benzene rings is 3. The standard InChI is InChI=1S/C29H27N5O/c1-18-12-20(9-11-28(18)35-21-6-4-3-5-7-21)33-29-23-14-26(30)19(13-27(23)31-17-32-29)8-10-22-24-15-34(2)16-25(22)24/h3-7,9,11-14,17,22,24-25H,15-16,30H2,1-2H3,(H,31,32,33)/t22?,24-,25+. The van der Waals surface area contributed by atoms with Gasteiger partial charge in [-0.2, -0.15) is 0 Å². The number of nitrogens with one attached hydrogen (secondary N) is 1. The van der Waals surface area contributed by atoms with Crippen molar-refractivity contribution in [1.82, 2.24) is 14.9 Å². The van der Waals surface area contributed by atoms with Gasteiger partial charge in [-0.3, -0.25) is 0 Å². The lowest BCUT2D eigenvalue weighted by molar-refractivity contribution is 0.360. The minimum atomic E-state index is 0.501. The van der Waals surface area contributed by atoms with Gasteiger partial charge in [-0.25, -0.2) is 9.97 Å². The van der Waals surface area contributed by atoms with Gasteiger partial charge in [-0.15, -0.1) is 0 Å². The monoisotopic (exact) mass is 461 g/mol. The van der Waals surface area contributed by atoms with Crippen molar-refractivity contribution in [3.05, 3.63) is 78.1 Å². The summed E-state index contributed by atoms with van der Waals surface area (Å²) in [6.07, 6.45) is 1.57. The number of ether oxygens (including phenoxy) is 1. The van der Waals surface area contributed by atoms with Crippen LogP contribution in [0.5, 0.6) is 11.5 Å². The fraction of sp³-hybridized carbons (Fsp3) is 0.241. The van der Waals surface area contributed by atoms with Gasteiger partial charge < -0.3 is 20.7 Å². The predicted molar refractivity (Wildman–Crippen MR) is 140 cm³/mol. The number of fused-ring (bicyclic) bond motifs is 2. The quantitative estimate of drug-likeness (QED) is 0.321. The number of nitrogens with two attached hydrogens (primary N) is 1. The second kappa shape index (κ2) is 8.61. The highest BCUT2D eigenvalue weighted by Gasteiger charge is 2.53. The molecule has 3 atom stereocenters. The van der Waals surface area contributed by atoms with Crippen LogP contribution < -0.4 is 15.8 Å². The Balaban J connectivity index is 1.22. The highest BCUT2D eigenvalue weighted by atomic mass is 16.5. The number of piperidine rings is 1. The van der Waals surface area contributed by atoms with Crippen molar-refractivity contribution in [2.45, 2.75) is 6.92 Å². The van der Waals surface area contributed by atoms with Gasteiger partial charge in [0, 0.05) is 41.3 Å². The average Bonchev–Trinajstić information content (AvgIpc) is 3.32. The molecular weight excluding hydrogens is 434 g/mol. The third-order valence-electron chi connectivity index (χ3n) is 6.97. The fourth-order valence-corrected chi connectivity index (χ4v) is 5.03. The van der Waals surface area contributed by atoms with E-state index in [-0.39, 0.29) is 0 Å². The molecule has 3 aromatic carbocycles. The van der Waals surface area contributed by atoms with Gasteiger partial charge in [0.05, 0.1) is 5.52 Å². The van der Waals surface area contributed by atoms with Crippen LogP contribution in [0, 0.1) is 36.5 Å². The summed E-state index contributed by atoms with van der Waals surface area (Å²) in [6.45, 7) is 4.33. The Morgan fingerprint density at radius 1 is 1.03 bits per heavy atom. The second-order valence-corrected chi connectivity index (χ2v) is 9.54. The number of aromatic nitrogens is 2. The first-order valence-corrected chi connectivity index (χ1v) is 11.9. The van der Waals surface area contributed by atoms with Gasteiger partial charge in [0.1, 0.15) is 23.6 Å². The van der Waals surface area contributed by atoms with Crippen LogP contribution in [-0.4, -0.2) is 35.0 Å². The van der Waals surface area contributed by atoms with Crippen molar-refractivity contribution < 1.29 is 4.74 Å². The molecule has 6 nitrogen and oxygen atoms in total. The number of nitrogens with zero attached hydrogens (tertiary/aromatic N) is 3. The molecule has 1 aromatic heterocycles. The zero-order chi connectivity index (χ0) is 23.9. The summed E-state index contributed by atoms with van der Waals surface area (Å²) >= 11 is 0. The van der Waals surface area contributed by atoms with Crippen LogP contribution in [0.15, 0.2) is 67.0 Å². The lowest BCUT2D eigenvalue weighted by Gasteiger charge is -2.13. The van der Waals surface area contributed by atoms with E-state index in [0.717, 1.165) is 64.1 Å². The number of aryl methyl sites for hydroxylation is 1. The first-order chi connectivity index (χ1) is 17.0. The largest absolute Gasteiger partial charge is 0.457 e. The molecule has 2 fully saturated rings. The first kappa shape index (κ1) is 21.5. The van der Waals surface area contributed by atoms with Crippen molar-refractivity contribution >= 4 is 28.1 Å². The second-order valence-electron chi connectivity index (χ2n) is 9.54. The lowest BCUT2D eigenvalue weighted by Crippen LogP contribution is -2.18. The molecule has 1 aliphatic heterocycles. The van der Waals surface area contributed by atoms with Gasteiger partial charge >= 0.3 is 0 Å². The number of hydrogen-bond acceptors (Lipinski definition) is 6. The number of rotatable bonds is 4. The fourth-order valence-electron chi connectivity index (χ4n) is 5.03. The molecule has 0 bridgehead atoms. The van der Waals surface area contributed by atoms with Crippen LogP contribution in [0.4, 0.5) is 17.2 Å². The number of hydrogen-bond donors (Lipinski definition) is 2. The smallest absolute Gasteiger partial charge is 0.141 e. The van der Waals surface area contributed by atoms with E-state index in [1.54, 1.807) is 6.33 Å². The van der Waals surface area contributed by atoms with Crippen LogP contribution in [0.25, 0.3) is 10.9 Å². The molecule has 6 heteroatoms. The van der Waals surface area contributed by atoms with Crippen molar-refractivity contribution in [3.8, 4) is 23.3 Å². The minimum absolute atomic E-state index is 0.501. The zero-order valence-electron chi connectivity index (χ0n) is 19.8. The predicted octanol–water partition coefficient (Wildman–Crippen LogP) is 5.22. The lowest BCUT2D eigenvalue weighted by atomic mass is 10.1. The van der Waals surface area contributed by atoms with Crippen LogP contribution in [-0.2, 0) is 0 Å². The van der Waals surface area contributed by atoms with Crippen LogP contribution in [0.3, 0.4) is 0 Å². The molecular formula is C29H27N5O. The molecule has 0 amide bonds. The summed E-state index contributed by atoms with van der Waals surface area (Å²) in [5, 5.41) is 4.28. The van der Waals surface area contributed by atoms with E-state index in [1.165, 1.54) is 0 Å². The van der Waals surface area contributed by atoms with Crippen molar-refractivity contribution in [3.63, 3.8) is 0 Å².